The summed E-state index contributed by atoms with van der Waals surface area (Å²) in [4.78, 5) is 0. The monoisotopic (exact) mass is 957 g/mol. The van der Waals surface area contributed by atoms with Gasteiger partial charge in [-0.2, -0.15) is 10.5 Å². The maximum Gasteiger partial charge on any atom is 0.135 e. The molecule has 0 saturated heterocycles. The third kappa shape index (κ3) is 5.40. The van der Waals surface area contributed by atoms with Crippen molar-refractivity contribution < 1.29 is 4.42 Å². The van der Waals surface area contributed by atoms with Crippen LogP contribution in [0.15, 0.2) is 199 Å². The van der Waals surface area contributed by atoms with E-state index in [0.717, 1.165) is 122 Å². The normalized spacial score (nSPS) is 13.7. The molecule has 0 atom stereocenters. The summed E-state index contributed by atoms with van der Waals surface area (Å²) in [5.41, 5.74) is 16.6. The number of fused-ring (bicyclic) bond motifs is 18. The van der Waals surface area contributed by atoms with Crippen molar-refractivity contribution in [3.63, 3.8) is 0 Å². The van der Waals surface area contributed by atoms with Crippen LogP contribution in [0.1, 0.15) is 53.8 Å². The Morgan fingerprint density at radius 2 is 0.987 bits per heavy atom. The molecule has 0 radical (unpaired) electrons. The summed E-state index contributed by atoms with van der Waals surface area (Å²) in [5.74, 6) is 0.882. The maximum absolute atomic E-state index is 12.5. The molecule has 2 aliphatic carbocycles. The average Bonchev–Trinajstić information content (AvgIpc) is 4.31. The molecule has 0 aliphatic heterocycles. The van der Waals surface area contributed by atoms with Crippen LogP contribution in [0.2, 0.25) is 0 Å². The fourth-order valence-electron chi connectivity index (χ4n) is 13.7. The van der Waals surface area contributed by atoms with Gasteiger partial charge < -0.3 is 18.1 Å². The second-order valence-electron chi connectivity index (χ2n) is 20.8. The molecule has 6 heteroatoms. The molecule has 4 heterocycles. The molecule has 2 aliphatic rings. The van der Waals surface area contributed by atoms with Crippen LogP contribution in [0.4, 0.5) is 0 Å². The van der Waals surface area contributed by atoms with Gasteiger partial charge in [-0.05, 0) is 106 Å². The number of nitrogens with zero attached hydrogens (tertiary/aromatic N) is 5. The Balaban J connectivity index is 1.19. The maximum atomic E-state index is 12.5. The fraction of sp³-hybridized carbons (Fsp3) is 0.0725. The number of allylic oxidation sites excluding steroid dienone is 1. The first kappa shape index (κ1) is 41.7. The number of nitriles is 2. The second kappa shape index (κ2) is 15.1. The van der Waals surface area contributed by atoms with E-state index in [1.165, 1.54) is 22.3 Å². The molecular weight excluding hydrogens is 915 g/mol. The Morgan fingerprint density at radius 3 is 1.61 bits per heavy atom. The number of rotatable bonds is 4. The molecule has 0 spiro atoms. The molecule has 0 fully saturated rings. The first-order chi connectivity index (χ1) is 36.9. The van der Waals surface area contributed by atoms with Gasteiger partial charge in [0.05, 0.1) is 50.2 Å². The number of hydrogen-bond donors (Lipinski definition) is 0. The topological polar surface area (TPSA) is 75.5 Å². The number of aromatic nitrogens is 3. The number of hydrogen-bond acceptors (Lipinski definition) is 3. The molecule has 75 heavy (non-hydrogen) atoms. The molecule has 6 nitrogen and oxygen atoms in total. The lowest BCUT2D eigenvalue weighted by Crippen LogP contribution is -2.15. The van der Waals surface area contributed by atoms with Crippen LogP contribution in [0.25, 0.3) is 133 Å². The molecule has 0 amide bonds. The third-order valence-corrected chi connectivity index (χ3v) is 16.8. The van der Waals surface area contributed by atoms with Crippen LogP contribution in [0, 0.1) is 22.7 Å². The number of furan rings is 1. The van der Waals surface area contributed by atoms with Crippen LogP contribution in [0.5, 0.6) is 0 Å². The molecule has 10 aromatic carbocycles. The lowest BCUT2D eigenvalue weighted by molar-refractivity contribution is 0.595. The SMILES string of the molecule is CC1(C)c2ccccc2-c2cc(-c3c(-n4c5ccccc5c5ccccc54)c(C#N)c(-n4c5ccc6ccccc6c5c5c6c7c(oc6ccc54)C=CCC7)c(C#N)c3-n3c4ccccc4c4ccccc43)ccc21. The third-order valence-electron chi connectivity index (χ3n) is 16.8. The highest BCUT2D eigenvalue weighted by Gasteiger charge is 2.38. The van der Waals surface area contributed by atoms with E-state index < -0.39 is 0 Å². The zero-order chi connectivity index (χ0) is 49.8. The van der Waals surface area contributed by atoms with Crippen LogP contribution in [-0.4, -0.2) is 13.7 Å². The molecular formula is C69H43N5O. The standard InChI is InChI=1S/C69H43N5O/c1-69(2)52-25-11-5-19-43(52)49-37-41(31-33-53(49)69)62-67(72-54-26-12-6-20-44(54)45-21-7-13-27-55(45)72)50(38-70)66(51(39-71)68(62)73-56-28-14-8-22-46(56)47-23-9-15-29-57(47)73)74-58-34-32-40-17-3-4-18-42(40)63(58)65-59(74)35-36-61-64(65)48-24-10-16-30-60(48)75-61/h3-9,11-23,25-37H,10,24H2,1-2H3. The molecule has 4 aromatic heterocycles. The first-order valence-corrected chi connectivity index (χ1v) is 25.8. The van der Waals surface area contributed by atoms with Crippen LogP contribution >= 0.6 is 0 Å². The summed E-state index contributed by atoms with van der Waals surface area (Å²) in [6.07, 6.45) is 6.05. The number of aryl methyl sites for hydroxylation is 1. The Hall–Kier alpha value is -9.88. The van der Waals surface area contributed by atoms with Gasteiger partial charge in [0, 0.05) is 54.2 Å². The van der Waals surface area contributed by atoms with E-state index in [-0.39, 0.29) is 5.41 Å². The first-order valence-electron chi connectivity index (χ1n) is 25.8. The predicted octanol–water partition coefficient (Wildman–Crippen LogP) is 17.6. The van der Waals surface area contributed by atoms with E-state index in [9.17, 15) is 10.5 Å². The van der Waals surface area contributed by atoms with Gasteiger partial charge in [-0.3, -0.25) is 0 Å². The summed E-state index contributed by atoms with van der Waals surface area (Å²) in [5, 5.41) is 34.8. The van der Waals surface area contributed by atoms with Crippen LogP contribution in [-0.2, 0) is 11.8 Å². The summed E-state index contributed by atoms with van der Waals surface area (Å²) >= 11 is 0. The van der Waals surface area contributed by atoms with Gasteiger partial charge in [0.25, 0.3) is 0 Å². The molecule has 0 N–H and O–H groups in total. The van der Waals surface area contributed by atoms with Crippen molar-refractivity contribution in [2.75, 3.05) is 0 Å². The van der Waals surface area contributed by atoms with E-state index in [0.29, 0.717) is 28.2 Å². The molecule has 350 valence electrons. The second-order valence-corrected chi connectivity index (χ2v) is 20.8. The Kier molecular flexibility index (Phi) is 8.39. The highest BCUT2D eigenvalue weighted by Crippen LogP contribution is 2.54. The Bertz CT molecular complexity index is 4750. The minimum atomic E-state index is -0.244. The van der Waals surface area contributed by atoms with Gasteiger partial charge in [0.2, 0.25) is 0 Å². The molecule has 0 bridgehead atoms. The molecule has 14 aromatic rings. The highest BCUT2D eigenvalue weighted by molar-refractivity contribution is 6.29. The van der Waals surface area contributed by atoms with E-state index in [1.54, 1.807) is 0 Å². The van der Waals surface area contributed by atoms with Crippen molar-refractivity contribution in [1.29, 1.82) is 10.5 Å². The van der Waals surface area contributed by atoms with Crippen molar-refractivity contribution in [2.24, 2.45) is 0 Å². The Labute approximate surface area is 431 Å². The number of benzene rings is 10. The summed E-state index contributed by atoms with van der Waals surface area (Å²) in [6.45, 7) is 4.61. The fourth-order valence-corrected chi connectivity index (χ4v) is 13.7. The van der Waals surface area contributed by atoms with E-state index >= 15 is 0 Å². The van der Waals surface area contributed by atoms with Crippen LogP contribution < -0.4 is 0 Å². The molecule has 0 saturated carbocycles. The minimum absolute atomic E-state index is 0.244. The smallest absolute Gasteiger partial charge is 0.135 e. The predicted molar refractivity (Wildman–Crippen MR) is 307 cm³/mol. The molecule has 0 unspecified atom stereocenters. The summed E-state index contributed by atoms with van der Waals surface area (Å²) in [6, 6.07) is 72.6. The summed E-state index contributed by atoms with van der Waals surface area (Å²) < 4.78 is 13.6. The van der Waals surface area contributed by atoms with Crippen molar-refractivity contribution in [2.45, 2.75) is 32.1 Å². The van der Waals surface area contributed by atoms with Crippen molar-refractivity contribution in [3.05, 3.63) is 228 Å². The van der Waals surface area contributed by atoms with Crippen LogP contribution in [0.3, 0.4) is 0 Å². The largest absolute Gasteiger partial charge is 0.456 e. The van der Waals surface area contributed by atoms with Gasteiger partial charge in [-0.15, -0.1) is 0 Å². The van der Waals surface area contributed by atoms with E-state index in [1.807, 2.05) is 0 Å². The van der Waals surface area contributed by atoms with E-state index in [2.05, 4.69) is 240 Å². The average molecular weight is 958 g/mol. The van der Waals surface area contributed by atoms with Gasteiger partial charge in [-0.1, -0.05) is 159 Å². The van der Waals surface area contributed by atoms with Crippen molar-refractivity contribution >= 4 is 93.2 Å². The lowest BCUT2D eigenvalue weighted by atomic mass is 9.82. The minimum Gasteiger partial charge on any atom is -0.456 e. The van der Waals surface area contributed by atoms with Gasteiger partial charge in [-0.25, -0.2) is 0 Å². The van der Waals surface area contributed by atoms with Gasteiger partial charge in [0.1, 0.15) is 34.6 Å². The highest BCUT2D eigenvalue weighted by atomic mass is 16.3. The number of para-hydroxylation sites is 4. The zero-order valence-electron chi connectivity index (χ0n) is 41.1. The van der Waals surface area contributed by atoms with Gasteiger partial charge in [0.15, 0.2) is 0 Å². The zero-order valence-corrected chi connectivity index (χ0v) is 41.1. The quantitative estimate of drug-likeness (QED) is 0.176. The lowest BCUT2D eigenvalue weighted by Gasteiger charge is -2.27. The van der Waals surface area contributed by atoms with Gasteiger partial charge >= 0.3 is 0 Å². The van der Waals surface area contributed by atoms with Crippen molar-refractivity contribution in [3.8, 4) is 51.5 Å². The summed E-state index contributed by atoms with van der Waals surface area (Å²) in [7, 11) is 0. The Morgan fingerprint density at radius 1 is 0.467 bits per heavy atom. The molecule has 16 rings (SSSR count). The van der Waals surface area contributed by atoms with Crippen molar-refractivity contribution in [1.82, 2.24) is 13.7 Å². The van der Waals surface area contributed by atoms with E-state index in [4.69, 9.17) is 4.42 Å².